The van der Waals surface area contributed by atoms with Crippen molar-refractivity contribution in [2.45, 2.75) is 45.4 Å². The summed E-state index contributed by atoms with van der Waals surface area (Å²) in [5.41, 5.74) is 0. The van der Waals surface area contributed by atoms with Crippen molar-refractivity contribution in [2.24, 2.45) is 0 Å². The smallest absolute Gasteiger partial charge is 0.119 e. The Bertz CT molecular complexity index is 96.1. The lowest BCUT2D eigenvalue weighted by molar-refractivity contribution is -0.107. The third-order valence-corrected chi connectivity index (χ3v) is 1.23. The van der Waals surface area contributed by atoms with Crippen LogP contribution in [0.4, 0.5) is 0 Å². The van der Waals surface area contributed by atoms with E-state index in [4.69, 9.17) is 2.74 Å². The molecular weight excluding hydrogens is 112 g/mol. The Morgan fingerprint density at radius 3 is 2.89 bits per heavy atom. The number of carbonyl (C=O) groups is 1. The maximum Gasteiger partial charge on any atom is 0.119 e. The van der Waals surface area contributed by atoms with E-state index in [1.54, 1.807) is 0 Å². The van der Waals surface area contributed by atoms with Crippen LogP contribution in [-0.4, -0.2) is 6.29 Å². The fourth-order valence-corrected chi connectivity index (χ4v) is 0.693. The first-order valence-electron chi connectivity index (χ1n) is 4.74. The van der Waals surface area contributed by atoms with Crippen molar-refractivity contribution >= 4 is 6.29 Å². The van der Waals surface area contributed by atoms with Gasteiger partial charge < -0.3 is 4.79 Å². The van der Waals surface area contributed by atoms with E-state index in [0.717, 1.165) is 32.0 Å². The summed E-state index contributed by atoms with van der Waals surface area (Å²) in [6, 6.07) is 0. The van der Waals surface area contributed by atoms with Gasteiger partial charge in [0.05, 0.1) is 0 Å². The van der Waals surface area contributed by atoms with Crippen LogP contribution in [0.15, 0.2) is 0 Å². The third kappa shape index (κ3) is 7.67. The van der Waals surface area contributed by atoms with Gasteiger partial charge in [0.1, 0.15) is 6.29 Å². The van der Waals surface area contributed by atoms with Crippen LogP contribution in [0.2, 0.25) is 0 Å². The van der Waals surface area contributed by atoms with Crippen molar-refractivity contribution in [3.05, 3.63) is 0 Å². The summed E-state index contributed by atoms with van der Waals surface area (Å²) in [7, 11) is 0. The van der Waals surface area contributed by atoms with Gasteiger partial charge in [-0.1, -0.05) is 32.6 Å². The van der Waals surface area contributed by atoms with Crippen LogP contribution < -0.4 is 0 Å². The second kappa shape index (κ2) is 7.67. The zero-order chi connectivity index (χ0) is 8.53. The van der Waals surface area contributed by atoms with Crippen molar-refractivity contribution in [2.75, 3.05) is 0 Å². The van der Waals surface area contributed by atoms with Crippen LogP contribution >= 0.6 is 0 Å². The van der Waals surface area contributed by atoms with Gasteiger partial charge in [0, 0.05) is 9.16 Å². The van der Waals surface area contributed by atoms with E-state index < -0.39 is 0 Å². The van der Waals surface area contributed by atoms with Gasteiger partial charge >= 0.3 is 0 Å². The highest BCUT2D eigenvalue weighted by molar-refractivity contribution is 5.48. The molecule has 54 valence electrons. The fourth-order valence-electron chi connectivity index (χ4n) is 0.693. The topological polar surface area (TPSA) is 17.1 Å². The number of hydrogen-bond acceptors (Lipinski definition) is 1. The van der Waals surface area contributed by atoms with Crippen LogP contribution in [0.3, 0.4) is 0 Å². The zero-order valence-corrected chi connectivity index (χ0v) is 5.81. The number of rotatable bonds is 6. The highest BCUT2D eigenvalue weighted by Crippen LogP contribution is 2.02. The molecule has 0 saturated carbocycles. The van der Waals surface area contributed by atoms with E-state index in [1.807, 2.05) is 0 Å². The number of carbonyl (C=O) groups excluding carboxylic acids is 1. The van der Waals surface area contributed by atoms with E-state index in [2.05, 4.69) is 0 Å². The standard InChI is InChI=1S/C8H16O/c1-2-3-4-5-6-7-8-9/h8H,2-7H2,1H3/i1D,2D. The maximum absolute atomic E-state index is 9.89. The molecular formula is C8H16O. The highest BCUT2D eigenvalue weighted by atomic mass is 16.1. The molecule has 0 radical (unpaired) electrons. The van der Waals surface area contributed by atoms with Gasteiger partial charge in [0.25, 0.3) is 0 Å². The summed E-state index contributed by atoms with van der Waals surface area (Å²) < 4.78 is 14.1. The van der Waals surface area contributed by atoms with E-state index in [-0.39, 0.29) is 13.3 Å². The van der Waals surface area contributed by atoms with E-state index in [9.17, 15) is 4.79 Å². The Balaban J connectivity index is 2.95. The van der Waals surface area contributed by atoms with Crippen molar-refractivity contribution < 1.29 is 7.54 Å². The van der Waals surface area contributed by atoms with E-state index in [0.29, 0.717) is 6.42 Å². The van der Waals surface area contributed by atoms with Crippen LogP contribution in [0, 0.1) is 0 Å². The first kappa shape index (κ1) is 5.45. The Hall–Kier alpha value is -0.330. The molecule has 0 heterocycles. The van der Waals surface area contributed by atoms with Gasteiger partial charge in [-0.3, -0.25) is 0 Å². The van der Waals surface area contributed by atoms with Gasteiger partial charge in [-0.25, -0.2) is 0 Å². The van der Waals surface area contributed by atoms with Crippen LogP contribution in [0.5, 0.6) is 0 Å². The molecule has 0 rings (SSSR count). The Morgan fingerprint density at radius 2 is 2.22 bits per heavy atom. The fraction of sp³-hybridized carbons (Fsp3) is 0.875. The minimum absolute atomic E-state index is 0.202. The molecule has 0 aromatic carbocycles. The monoisotopic (exact) mass is 130 g/mol. The predicted octanol–water partition coefficient (Wildman–Crippen LogP) is 2.55. The number of hydrogen-bond donors (Lipinski definition) is 0. The largest absolute Gasteiger partial charge is 0.303 e. The Morgan fingerprint density at radius 1 is 1.44 bits per heavy atom. The Kier molecular flexibility index (Phi) is 4.65. The molecule has 9 heavy (non-hydrogen) atoms. The molecule has 0 N–H and O–H groups in total. The lowest BCUT2D eigenvalue weighted by atomic mass is 10.1. The quantitative estimate of drug-likeness (QED) is 0.399. The van der Waals surface area contributed by atoms with Crippen LogP contribution in [0.1, 0.15) is 48.1 Å². The van der Waals surface area contributed by atoms with Crippen molar-refractivity contribution in [3.8, 4) is 0 Å². The van der Waals surface area contributed by atoms with Gasteiger partial charge in [-0.15, -0.1) is 0 Å². The number of aldehydes is 1. The van der Waals surface area contributed by atoms with Gasteiger partial charge in [0.15, 0.2) is 0 Å². The molecule has 0 aromatic rings. The molecule has 1 nitrogen and oxygen atoms in total. The molecule has 0 fully saturated rings. The van der Waals surface area contributed by atoms with Gasteiger partial charge in [0.2, 0.25) is 0 Å². The third-order valence-electron chi connectivity index (χ3n) is 1.23. The lowest BCUT2D eigenvalue weighted by Gasteiger charge is -1.93. The average molecular weight is 130 g/mol. The summed E-state index contributed by atoms with van der Waals surface area (Å²) in [4.78, 5) is 9.89. The van der Waals surface area contributed by atoms with E-state index in [1.165, 1.54) is 0 Å². The molecule has 0 aliphatic rings. The van der Waals surface area contributed by atoms with Crippen LogP contribution in [-0.2, 0) is 4.79 Å². The lowest BCUT2D eigenvalue weighted by Crippen LogP contribution is -1.78. The average Bonchev–Trinajstić information content (AvgIpc) is 2.04. The summed E-state index contributed by atoms with van der Waals surface area (Å²) in [5.74, 6) is 0. The first-order valence-corrected chi connectivity index (χ1v) is 3.46. The molecule has 0 amide bonds. The van der Waals surface area contributed by atoms with Gasteiger partial charge in [-0.05, 0) is 6.42 Å². The summed E-state index contributed by atoms with van der Waals surface area (Å²) in [5, 5.41) is 0. The molecule has 1 atom stereocenters. The Labute approximate surface area is 60.3 Å². The van der Waals surface area contributed by atoms with Crippen LogP contribution in [0.25, 0.3) is 0 Å². The zero-order valence-electron chi connectivity index (χ0n) is 7.81. The number of unbranched alkanes of at least 4 members (excludes halogenated alkanes) is 3. The molecule has 0 aliphatic heterocycles. The SMILES string of the molecule is [2H]CC([2H])CCCCCC=O. The predicted molar refractivity (Wildman–Crippen MR) is 39.4 cm³/mol. The highest BCUT2D eigenvalue weighted by Gasteiger charge is 1.85. The maximum atomic E-state index is 9.89. The summed E-state index contributed by atoms with van der Waals surface area (Å²) in [6.07, 6.45) is 5.11. The van der Waals surface area contributed by atoms with Crippen molar-refractivity contribution in [1.29, 1.82) is 0 Å². The van der Waals surface area contributed by atoms with E-state index >= 15 is 0 Å². The van der Waals surface area contributed by atoms with Gasteiger partial charge in [-0.2, -0.15) is 0 Å². The summed E-state index contributed by atoms with van der Waals surface area (Å²) >= 11 is 0. The first-order chi connectivity index (χ1) is 5.31. The minimum Gasteiger partial charge on any atom is -0.303 e. The molecule has 0 aromatic heterocycles. The molecule has 1 unspecified atom stereocenters. The van der Waals surface area contributed by atoms with Crippen molar-refractivity contribution in [1.82, 2.24) is 0 Å². The second-order valence-corrected chi connectivity index (χ2v) is 2.09. The van der Waals surface area contributed by atoms with Crippen molar-refractivity contribution in [3.63, 3.8) is 0 Å². The molecule has 0 saturated heterocycles. The molecule has 0 bridgehead atoms. The minimum atomic E-state index is -0.216. The normalized spacial score (nSPS) is 16.0. The molecule has 0 spiro atoms. The molecule has 0 aliphatic carbocycles. The summed E-state index contributed by atoms with van der Waals surface area (Å²) in [6.45, 7) is 0.202. The molecule has 1 heteroatoms. The second-order valence-electron chi connectivity index (χ2n) is 2.09.